The Bertz CT molecular complexity index is 710. The molecule has 0 atom stereocenters. The number of benzene rings is 1. The number of nitrogens with one attached hydrogen (secondary N) is 1. The van der Waals surface area contributed by atoms with E-state index in [1.165, 1.54) is 12.1 Å². The second kappa shape index (κ2) is 7.44. The zero-order chi connectivity index (χ0) is 16.1. The lowest BCUT2D eigenvalue weighted by atomic mass is 10.3. The Hall–Kier alpha value is -1.83. The lowest BCUT2D eigenvalue weighted by molar-refractivity contribution is -0.385. The minimum Gasteiger partial charge on any atom is -0.324 e. The first-order valence-corrected chi connectivity index (χ1v) is 7.68. The standard InChI is InChI=1S/C13H9Cl2N3O3S/c14-8-1-3-10(15)11(5-8)17-12(19)7-22-13-4-2-9(6-16-13)18(20)21/h1-6H,7H2,(H,17,19). The van der Waals surface area contributed by atoms with Crippen molar-refractivity contribution in [1.29, 1.82) is 0 Å². The zero-order valence-electron chi connectivity index (χ0n) is 11.0. The molecule has 22 heavy (non-hydrogen) atoms. The molecule has 0 aliphatic heterocycles. The molecule has 0 fully saturated rings. The van der Waals surface area contributed by atoms with Crippen molar-refractivity contribution in [2.45, 2.75) is 5.03 Å². The second-order valence-corrected chi connectivity index (χ2v) is 5.91. The minimum atomic E-state index is -0.532. The molecule has 0 aliphatic rings. The number of rotatable bonds is 5. The van der Waals surface area contributed by atoms with Gasteiger partial charge in [0, 0.05) is 11.1 Å². The number of pyridine rings is 1. The summed E-state index contributed by atoms with van der Waals surface area (Å²) in [4.78, 5) is 25.7. The van der Waals surface area contributed by atoms with E-state index in [1.54, 1.807) is 18.2 Å². The highest BCUT2D eigenvalue weighted by atomic mass is 35.5. The van der Waals surface area contributed by atoms with Gasteiger partial charge in [0.2, 0.25) is 5.91 Å². The van der Waals surface area contributed by atoms with Crippen molar-refractivity contribution in [1.82, 2.24) is 4.98 Å². The zero-order valence-corrected chi connectivity index (χ0v) is 13.3. The molecule has 0 radical (unpaired) electrons. The predicted octanol–water partition coefficient (Wildman–Crippen LogP) is 4.03. The lowest BCUT2D eigenvalue weighted by Crippen LogP contribution is -2.14. The SMILES string of the molecule is O=C(CSc1ccc([N+](=O)[O-])cn1)Nc1cc(Cl)ccc1Cl. The molecule has 0 unspecified atom stereocenters. The van der Waals surface area contributed by atoms with E-state index in [0.29, 0.717) is 20.8 Å². The van der Waals surface area contributed by atoms with Gasteiger partial charge in [-0.25, -0.2) is 4.98 Å². The van der Waals surface area contributed by atoms with Crippen LogP contribution in [0.3, 0.4) is 0 Å². The van der Waals surface area contributed by atoms with Gasteiger partial charge in [-0.15, -0.1) is 0 Å². The van der Waals surface area contributed by atoms with Crippen molar-refractivity contribution in [3.05, 3.63) is 56.7 Å². The van der Waals surface area contributed by atoms with Crippen molar-refractivity contribution >= 4 is 52.2 Å². The number of nitrogens with zero attached hydrogens (tertiary/aromatic N) is 2. The number of hydrogen-bond donors (Lipinski definition) is 1. The topological polar surface area (TPSA) is 85.1 Å². The van der Waals surface area contributed by atoms with Crippen LogP contribution in [0.1, 0.15) is 0 Å². The molecule has 0 saturated carbocycles. The van der Waals surface area contributed by atoms with Crippen LogP contribution in [0, 0.1) is 10.1 Å². The maximum absolute atomic E-state index is 11.9. The van der Waals surface area contributed by atoms with Crippen LogP contribution < -0.4 is 5.32 Å². The molecule has 1 heterocycles. The van der Waals surface area contributed by atoms with Gasteiger partial charge in [-0.2, -0.15) is 0 Å². The Balaban J connectivity index is 1.92. The molecule has 0 saturated heterocycles. The fraction of sp³-hybridized carbons (Fsp3) is 0.0769. The molecule has 0 aliphatic carbocycles. The number of carbonyl (C=O) groups is 1. The Morgan fingerprint density at radius 1 is 1.32 bits per heavy atom. The third kappa shape index (κ3) is 4.59. The van der Waals surface area contributed by atoms with E-state index >= 15 is 0 Å². The first-order chi connectivity index (χ1) is 10.5. The van der Waals surface area contributed by atoms with E-state index in [0.717, 1.165) is 18.0 Å². The molecule has 1 N–H and O–H groups in total. The van der Waals surface area contributed by atoms with Gasteiger partial charge in [0.25, 0.3) is 5.69 Å². The van der Waals surface area contributed by atoms with Gasteiger partial charge in [0.15, 0.2) is 0 Å². The highest BCUT2D eigenvalue weighted by Crippen LogP contribution is 2.26. The molecule has 1 amide bonds. The monoisotopic (exact) mass is 357 g/mol. The number of amides is 1. The minimum absolute atomic E-state index is 0.0909. The average Bonchev–Trinajstić information content (AvgIpc) is 2.49. The summed E-state index contributed by atoms with van der Waals surface area (Å²) in [6.07, 6.45) is 1.15. The highest BCUT2D eigenvalue weighted by Gasteiger charge is 2.09. The van der Waals surface area contributed by atoms with Crippen LogP contribution in [0.2, 0.25) is 10.0 Å². The predicted molar refractivity (Wildman–Crippen MR) is 86.7 cm³/mol. The van der Waals surface area contributed by atoms with E-state index in [2.05, 4.69) is 10.3 Å². The van der Waals surface area contributed by atoms with Gasteiger partial charge in [0.05, 0.1) is 26.4 Å². The molecular formula is C13H9Cl2N3O3S. The first kappa shape index (κ1) is 16.5. The van der Waals surface area contributed by atoms with Gasteiger partial charge in [-0.1, -0.05) is 35.0 Å². The molecule has 2 aromatic rings. The van der Waals surface area contributed by atoms with Crippen LogP contribution in [-0.4, -0.2) is 21.6 Å². The van der Waals surface area contributed by atoms with Crippen molar-refractivity contribution < 1.29 is 9.72 Å². The summed E-state index contributed by atoms with van der Waals surface area (Å²) in [5.41, 5.74) is 0.330. The summed E-state index contributed by atoms with van der Waals surface area (Å²) in [6.45, 7) is 0. The van der Waals surface area contributed by atoms with E-state index in [9.17, 15) is 14.9 Å². The number of nitro groups is 1. The van der Waals surface area contributed by atoms with Crippen LogP contribution in [0.5, 0.6) is 0 Å². The quantitative estimate of drug-likeness (QED) is 0.496. The summed E-state index contributed by atoms with van der Waals surface area (Å²) < 4.78 is 0. The number of anilines is 1. The highest BCUT2D eigenvalue weighted by molar-refractivity contribution is 7.99. The fourth-order valence-electron chi connectivity index (χ4n) is 1.48. The van der Waals surface area contributed by atoms with Crippen LogP contribution in [0.15, 0.2) is 41.6 Å². The Kier molecular flexibility index (Phi) is 5.59. The van der Waals surface area contributed by atoms with Gasteiger partial charge in [-0.3, -0.25) is 14.9 Å². The van der Waals surface area contributed by atoms with Crippen LogP contribution >= 0.6 is 35.0 Å². The molecule has 6 nitrogen and oxygen atoms in total. The smallest absolute Gasteiger partial charge is 0.287 e. The Labute approximate surface area is 140 Å². The number of aromatic nitrogens is 1. The van der Waals surface area contributed by atoms with Crippen molar-refractivity contribution in [2.75, 3.05) is 11.1 Å². The van der Waals surface area contributed by atoms with E-state index in [1.807, 2.05) is 0 Å². The molecule has 9 heteroatoms. The summed E-state index contributed by atoms with van der Waals surface area (Å²) in [7, 11) is 0. The number of thioether (sulfide) groups is 1. The number of carbonyl (C=O) groups excluding carboxylic acids is 1. The molecule has 114 valence electrons. The molecular weight excluding hydrogens is 349 g/mol. The number of halogens is 2. The van der Waals surface area contributed by atoms with E-state index < -0.39 is 4.92 Å². The number of hydrogen-bond acceptors (Lipinski definition) is 5. The molecule has 1 aromatic heterocycles. The Morgan fingerprint density at radius 3 is 2.73 bits per heavy atom. The third-order valence-corrected chi connectivity index (χ3v) is 3.99. The van der Waals surface area contributed by atoms with Crippen LogP contribution in [-0.2, 0) is 4.79 Å². The maximum Gasteiger partial charge on any atom is 0.287 e. The van der Waals surface area contributed by atoms with Crippen LogP contribution in [0.25, 0.3) is 0 Å². The van der Waals surface area contributed by atoms with E-state index in [4.69, 9.17) is 23.2 Å². The molecule has 2 rings (SSSR count). The average molecular weight is 358 g/mol. The summed E-state index contributed by atoms with van der Waals surface area (Å²) in [5.74, 6) is -0.192. The Morgan fingerprint density at radius 2 is 2.09 bits per heavy atom. The van der Waals surface area contributed by atoms with E-state index in [-0.39, 0.29) is 17.3 Å². The summed E-state index contributed by atoms with van der Waals surface area (Å²) >= 11 is 12.9. The maximum atomic E-state index is 11.9. The summed E-state index contributed by atoms with van der Waals surface area (Å²) in [6, 6.07) is 7.58. The van der Waals surface area contributed by atoms with Crippen molar-refractivity contribution in [3.63, 3.8) is 0 Å². The largest absolute Gasteiger partial charge is 0.324 e. The fourth-order valence-corrected chi connectivity index (χ4v) is 2.46. The third-order valence-electron chi connectivity index (χ3n) is 2.49. The molecule has 0 spiro atoms. The van der Waals surface area contributed by atoms with Crippen LogP contribution in [0.4, 0.5) is 11.4 Å². The second-order valence-electron chi connectivity index (χ2n) is 4.07. The van der Waals surface area contributed by atoms with Gasteiger partial charge >= 0.3 is 0 Å². The molecule has 1 aromatic carbocycles. The summed E-state index contributed by atoms with van der Waals surface area (Å²) in [5, 5.41) is 14.5. The van der Waals surface area contributed by atoms with Gasteiger partial charge in [-0.05, 0) is 24.3 Å². The van der Waals surface area contributed by atoms with Crippen molar-refractivity contribution in [3.8, 4) is 0 Å². The van der Waals surface area contributed by atoms with Gasteiger partial charge in [0.1, 0.15) is 6.20 Å². The first-order valence-electron chi connectivity index (χ1n) is 5.94. The van der Waals surface area contributed by atoms with Crippen molar-refractivity contribution in [2.24, 2.45) is 0 Å². The van der Waals surface area contributed by atoms with Gasteiger partial charge < -0.3 is 5.32 Å². The lowest BCUT2D eigenvalue weighted by Gasteiger charge is -2.07. The molecule has 0 bridgehead atoms. The normalized spacial score (nSPS) is 10.3.